The van der Waals surface area contributed by atoms with Crippen molar-refractivity contribution in [1.29, 1.82) is 0 Å². The molecule has 3 nitrogen and oxygen atoms in total. The molecular weight excluding hydrogens is 192 g/mol. The third kappa shape index (κ3) is 4.47. The number of hydrogen-bond acceptors (Lipinski definition) is 2. The molecule has 0 aliphatic heterocycles. The van der Waals surface area contributed by atoms with Gasteiger partial charge in [-0.3, -0.25) is 0 Å². The highest BCUT2D eigenvalue weighted by molar-refractivity contribution is 5.85. The zero-order valence-electron chi connectivity index (χ0n) is 9.53. The van der Waals surface area contributed by atoms with Gasteiger partial charge in [-0.2, -0.15) is 0 Å². The first-order valence-electron chi connectivity index (χ1n) is 5.66. The van der Waals surface area contributed by atoms with E-state index >= 15 is 0 Å². The Kier molecular flexibility index (Phi) is 4.82. The predicted molar refractivity (Wildman–Crippen MR) is 58.8 cm³/mol. The van der Waals surface area contributed by atoms with Crippen molar-refractivity contribution in [2.75, 3.05) is 0 Å². The van der Waals surface area contributed by atoms with Crippen LogP contribution >= 0.6 is 0 Å². The van der Waals surface area contributed by atoms with Crippen LogP contribution in [0.2, 0.25) is 0 Å². The van der Waals surface area contributed by atoms with Gasteiger partial charge in [0.15, 0.2) is 0 Å². The number of aliphatic carboxylic acids is 1. The SMILES string of the molecule is C/C(=C\C(C)OC1CCCCC1)C(=O)O. The van der Waals surface area contributed by atoms with Crippen molar-refractivity contribution in [3.8, 4) is 0 Å². The Morgan fingerprint density at radius 3 is 2.53 bits per heavy atom. The fourth-order valence-electron chi connectivity index (χ4n) is 1.97. The van der Waals surface area contributed by atoms with Crippen molar-refractivity contribution in [2.24, 2.45) is 0 Å². The van der Waals surface area contributed by atoms with Crippen LogP contribution in [0.5, 0.6) is 0 Å². The van der Waals surface area contributed by atoms with E-state index in [1.54, 1.807) is 13.0 Å². The highest BCUT2D eigenvalue weighted by atomic mass is 16.5. The maximum atomic E-state index is 10.6. The van der Waals surface area contributed by atoms with Gasteiger partial charge in [-0.05, 0) is 32.8 Å². The summed E-state index contributed by atoms with van der Waals surface area (Å²) < 4.78 is 5.77. The molecule has 0 aromatic carbocycles. The van der Waals surface area contributed by atoms with Crippen molar-refractivity contribution in [3.05, 3.63) is 11.6 Å². The molecule has 0 aromatic rings. The van der Waals surface area contributed by atoms with E-state index in [1.165, 1.54) is 19.3 Å². The Morgan fingerprint density at radius 2 is 2.00 bits per heavy atom. The van der Waals surface area contributed by atoms with Gasteiger partial charge in [0.2, 0.25) is 0 Å². The third-order valence-corrected chi connectivity index (χ3v) is 2.78. The zero-order chi connectivity index (χ0) is 11.3. The fraction of sp³-hybridized carbons (Fsp3) is 0.750. The standard InChI is InChI=1S/C12H20O3/c1-9(12(13)14)8-10(2)15-11-6-4-3-5-7-11/h8,10-11H,3-7H2,1-2H3,(H,13,14)/b9-8+. The van der Waals surface area contributed by atoms with E-state index in [0.29, 0.717) is 11.7 Å². The minimum absolute atomic E-state index is 0.0933. The molecule has 1 rings (SSSR count). The lowest BCUT2D eigenvalue weighted by molar-refractivity contribution is -0.132. The van der Waals surface area contributed by atoms with Crippen LogP contribution in [0.15, 0.2) is 11.6 Å². The van der Waals surface area contributed by atoms with Crippen LogP contribution < -0.4 is 0 Å². The lowest BCUT2D eigenvalue weighted by Gasteiger charge is -2.24. The molecule has 1 fully saturated rings. The first-order chi connectivity index (χ1) is 7.09. The smallest absolute Gasteiger partial charge is 0.331 e. The first-order valence-corrected chi connectivity index (χ1v) is 5.66. The summed E-state index contributed by atoms with van der Waals surface area (Å²) in [7, 11) is 0. The summed E-state index contributed by atoms with van der Waals surface area (Å²) in [6.07, 6.45) is 7.91. The summed E-state index contributed by atoms with van der Waals surface area (Å²) in [6, 6.07) is 0. The molecule has 0 spiro atoms. The topological polar surface area (TPSA) is 46.5 Å². The van der Waals surface area contributed by atoms with E-state index in [2.05, 4.69) is 0 Å². The summed E-state index contributed by atoms with van der Waals surface area (Å²) in [5.41, 5.74) is 0.360. The molecule has 0 radical (unpaired) electrons. The predicted octanol–water partition coefficient (Wildman–Crippen LogP) is 2.76. The van der Waals surface area contributed by atoms with Crippen molar-refractivity contribution < 1.29 is 14.6 Å². The maximum Gasteiger partial charge on any atom is 0.331 e. The molecule has 1 aliphatic rings. The third-order valence-electron chi connectivity index (χ3n) is 2.78. The lowest BCUT2D eigenvalue weighted by atomic mass is 9.97. The second kappa shape index (κ2) is 5.91. The van der Waals surface area contributed by atoms with Crippen molar-refractivity contribution >= 4 is 5.97 Å². The second-order valence-corrected chi connectivity index (χ2v) is 4.26. The largest absolute Gasteiger partial charge is 0.478 e. The van der Waals surface area contributed by atoms with Gasteiger partial charge in [0.1, 0.15) is 0 Å². The van der Waals surface area contributed by atoms with Crippen molar-refractivity contribution in [2.45, 2.75) is 58.2 Å². The van der Waals surface area contributed by atoms with Crippen LogP contribution in [0.25, 0.3) is 0 Å². The molecular formula is C12H20O3. The second-order valence-electron chi connectivity index (χ2n) is 4.26. The highest BCUT2D eigenvalue weighted by Crippen LogP contribution is 2.21. The van der Waals surface area contributed by atoms with Crippen LogP contribution in [0.4, 0.5) is 0 Å². The quantitative estimate of drug-likeness (QED) is 0.729. The van der Waals surface area contributed by atoms with Crippen LogP contribution in [0, 0.1) is 0 Å². The summed E-state index contributed by atoms with van der Waals surface area (Å²) in [6.45, 7) is 3.50. The maximum absolute atomic E-state index is 10.6. The van der Waals surface area contributed by atoms with E-state index in [0.717, 1.165) is 12.8 Å². The normalized spacial score (nSPS) is 21.3. The molecule has 1 atom stereocenters. The average molecular weight is 212 g/mol. The first kappa shape index (κ1) is 12.2. The Hall–Kier alpha value is -0.830. The van der Waals surface area contributed by atoms with Crippen LogP contribution in [-0.4, -0.2) is 23.3 Å². The van der Waals surface area contributed by atoms with E-state index in [-0.39, 0.29) is 6.10 Å². The minimum Gasteiger partial charge on any atom is -0.478 e. The van der Waals surface area contributed by atoms with E-state index in [1.807, 2.05) is 6.92 Å². The van der Waals surface area contributed by atoms with Crippen LogP contribution in [-0.2, 0) is 9.53 Å². The van der Waals surface area contributed by atoms with Crippen LogP contribution in [0.3, 0.4) is 0 Å². The number of carbonyl (C=O) groups is 1. The van der Waals surface area contributed by atoms with Gasteiger partial charge in [-0.25, -0.2) is 4.79 Å². The van der Waals surface area contributed by atoms with Gasteiger partial charge in [0.05, 0.1) is 12.2 Å². The molecule has 0 bridgehead atoms. The Labute approximate surface area is 91.1 Å². The van der Waals surface area contributed by atoms with Crippen LogP contribution in [0.1, 0.15) is 46.0 Å². The lowest BCUT2D eigenvalue weighted by Crippen LogP contribution is -2.21. The fourth-order valence-corrected chi connectivity index (χ4v) is 1.97. The number of ether oxygens (including phenoxy) is 1. The van der Waals surface area contributed by atoms with E-state index in [9.17, 15) is 4.79 Å². The highest BCUT2D eigenvalue weighted by Gasteiger charge is 2.16. The van der Waals surface area contributed by atoms with E-state index < -0.39 is 5.97 Å². The van der Waals surface area contributed by atoms with Gasteiger partial charge in [-0.15, -0.1) is 0 Å². The van der Waals surface area contributed by atoms with Gasteiger partial charge in [0, 0.05) is 5.57 Å². The van der Waals surface area contributed by atoms with Gasteiger partial charge in [0.25, 0.3) is 0 Å². The minimum atomic E-state index is -0.867. The molecule has 86 valence electrons. The molecule has 3 heteroatoms. The summed E-state index contributed by atoms with van der Waals surface area (Å²) in [4.78, 5) is 10.6. The Balaban J connectivity index is 2.37. The molecule has 15 heavy (non-hydrogen) atoms. The molecule has 1 N–H and O–H groups in total. The molecule has 1 unspecified atom stereocenters. The average Bonchev–Trinajstić information content (AvgIpc) is 2.18. The van der Waals surface area contributed by atoms with Crippen molar-refractivity contribution in [1.82, 2.24) is 0 Å². The molecule has 0 saturated heterocycles. The molecule has 1 saturated carbocycles. The molecule has 0 aromatic heterocycles. The number of rotatable bonds is 4. The van der Waals surface area contributed by atoms with Gasteiger partial charge in [-0.1, -0.05) is 19.3 Å². The molecule has 0 heterocycles. The molecule has 0 amide bonds. The Bertz CT molecular complexity index is 239. The monoisotopic (exact) mass is 212 g/mol. The zero-order valence-corrected chi connectivity index (χ0v) is 9.53. The number of hydrogen-bond donors (Lipinski definition) is 1. The Morgan fingerprint density at radius 1 is 1.40 bits per heavy atom. The summed E-state index contributed by atoms with van der Waals surface area (Å²) in [5.74, 6) is -0.867. The van der Waals surface area contributed by atoms with E-state index in [4.69, 9.17) is 9.84 Å². The summed E-state index contributed by atoms with van der Waals surface area (Å²) >= 11 is 0. The number of carboxylic acids is 1. The molecule has 1 aliphatic carbocycles. The van der Waals surface area contributed by atoms with Gasteiger partial charge >= 0.3 is 5.97 Å². The number of carboxylic acid groups (broad SMARTS) is 1. The van der Waals surface area contributed by atoms with Gasteiger partial charge < -0.3 is 9.84 Å². The van der Waals surface area contributed by atoms with Crippen molar-refractivity contribution in [3.63, 3.8) is 0 Å². The summed E-state index contributed by atoms with van der Waals surface area (Å²) in [5, 5.41) is 8.71.